The van der Waals surface area contributed by atoms with Gasteiger partial charge in [-0.25, -0.2) is 0 Å². The Bertz CT molecular complexity index is 352. The lowest BCUT2D eigenvalue weighted by Gasteiger charge is -2.24. The van der Waals surface area contributed by atoms with Crippen molar-refractivity contribution in [2.24, 2.45) is 0 Å². The third-order valence-electron chi connectivity index (χ3n) is 2.09. The fraction of sp³-hybridized carbons (Fsp3) is 0.417. The summed E-state index contributed by atoms with van der Waals surface area (Å²) in [5, 5.41) is 0. The van der Waals surface area contributed by atoms with Gasteiger partial charge in [-0.2, -0.15) is 0 Å². The number of hydrogen-bond acceptors (Lipinski definition) is 2. The fourth-order valence-corrected chi connectivity index (χ4v) is 1.28. The van der Waals surface area contributed by atoms with Crippen LogP contribution in [0, 0.1) is 11.8 Å². The SMILES string of the molecule is CC#CCOC1(C)C=CC(=O)C(C)=C1. The van der Waals surface area contributed by atoms with E-state index in [9.17, 15) is 4.79 Å². The van der Waals surface area contributed by atoms with Crippen LogP contribution < -0.4 is 0 Å². The van der Waals surface area contributed by atoms with Crippen LogP contribution in [0.3, 0.4) is 0 Å². The number of hydrogen-bond donors (Lipinski definition) is 0. The molecule has 2 nitrogen and oxygen atoms in total. The summed E-state index contributed by atoms with van der Waals surface area (Å²) in [4.78, 5) is 11.2. The molecule has 0 aromatic heterocycles. The van der Waals surface area contributed by atoms with Crippen LogP contribution in [0.25, 0.3) is 0 Å². The van der Waals surface area contributed by atoms with Crippen molar-refractivity contribution in [1.29, 1.82) is 0 Å². The molecule has 0 heterocycles. The van der Waals surface area contributed by atoms with Gasteiger partial charge < -0.3 is 4.74 Å². The van der Waals surface area contributed by atoms with E-state index in [1.807, 2.05) is 13.0 Å². The minimum atomic E-state index is -0.484. The van der Waals surface area contributed by atoms with Gasteiger partial charge in [-0.3, -0.25) is 4.79 Å². The monoisotopic (exact) mass is 190 g/mol. The normalized spacial score (nSPS) is 25.4. The van der Waals surface area contributed by atoms with Crippen LogP contribution in [0.1, 0.15) is 20.8 Å². The van der Waals surface area contributed by atoms with Gasteiger partial charge in [0.2, 0.25) is 0 Å². The summed E-state index contributed by atoms with van der Waals surface area (Å²) in [5.74, 6) is 5.63. The summed E-state index contributed by atoms with van der Waals surface area (Å²) in [6.07, 6.45) is 5.14. The maximum absolute atomic E-state index is 11.2. The summed E-state index contributed by atoms with van der Waals surface area (Å²) < 4.78 is 5.54. The molecule has 0 amide bonds. The molecule has 0 spiro atoms. The fourth-order valence-electron chi connectivity index (χ4n) is 1.28. The Kier molecular flexibility index (Phi) is 3.27. The Balaban J connectivity index is 2.70. The van der Waals surface area contributed by atoms with Crippen LogP contribution in [0.15, 0.2) is 23.8 Å². The third-order valence-corrected chi connectivity index (χ3v) is 2.09. The van der Waals surface area contributed by atoms with Gasteiger partial charge in [0.05, 0.1) is 0 Å². The highest BCUT2D eigenvalue weighted by Gasteiger charge is 2.23. The predicted octanol–water partition coefficient (Wildman–Crippen LogP) is 1.87. The maximum Gasteiger partial charge on any atom is 0.181 e. The van der Waals surface area contributed by atoms with Crippen LogP contribution >= 0.6 is 0 Å². The largest absolute Gasteiger partial charge is 0.354 e. The Morgan fingerprint density at radius 2 is 2.29 bits per heavy atom. The van der Waals surface area contributed by atoms with Crippen molar-refractivity contribution in [2.75, 3.05) is 6.61 Å². The van der Waals surface area contributed by atoms with Gasteiger partial charge in [0.15, 0.2) is 5.78 Å². The molecule has 0 saturated heterocycles. The van der Waals surface area contributed by atoms with Crippen LogP contribution in [-0.2, 0) is 9.53 Å². The molecule has 0 fully saturated rings. The molecule has 0 N–H and O–H groups in total. The first kappa shape index (κ1) is 10.7. The van der Waals surface area contributed by atoms with Crippen molar-refractivity contribution in [2.45, 2.75) is 26.4 Å². The van der Waals surface area contributed by atoms with Crippen molar-refractivity contribution >= 4 is 5.78 Å². The molecular formula is C12H14O2. The van der Waals surface area contributed by atoms with E-state index >= 15 is 0 Å². The summed E-state index contributed by atoms with van der Waals surface area (Å²) in [7, 11) is 0. The van der Waals surface area contributed by atoms with Gasteiger partial charge in [0.1, 0.15) is 12.2 Å². The molecule has 1 rings (SSSR count). The zero-order valence-corrected chi connectivity index (χ0v) is 8.76. The van der Waals surface area contributed by atoms with Gasteiger partial charge in [-0.05, 0) is 44.6 Å². The van der Waals surface area contributed by atoms with E-state index in [0.717, 1.165) is 5.57 Å². The number of carbonyl (C=O) groups is 1. The van der Waals surface area contributed by atoms with Crippen molar-refractivity contribution in [3.05, 3.63) is 23.8 Å². The number of rotatable bonds is 2. The molecule has 2 heteroatoms. The Labute approximate surface area is 84.6 Å². The Morgan fingerprint density at radius 1 is 1.57 bits per heavy atom. The van der Waals surface area contributed by atoms with E-state index in [4.69, 9.17) is 4.74 Å². The Hall–Kier alpha value is -1.33. The van der Waals surface area contributed by atoms with Crippen molar-refractivity contribution in [3.63, 3.8) is 0 Å². The number of ketones is 1. The minimum Gasteiger partial charge on any atom is -0.354 e. The molecule has 0 aromatic carbocycles. The van der Waals surface area contributed by atoms with E-state index in [0.29, 0.717) is 6.61 Å². The van der Waals surface area contributed by atoms with Gasteiger partial charge in [-0.1, -0.05) is 5.92 Å². The van der Waals surface area contributed by atoms with Crippen molar-refractivity contribution < 1.29 is 9.53 Å². The lowest BCUT2D eigenvalue weighted by molar-refractivity contribution is -0.111. The van der Waals surface area contributed by atoms with Crippen LogP contribution in [-0.4, -0.2) is 18.0 Å². The highest BCUT2D eigenvalue weighted by Crippen LogP contribution is 2.21. The molecule has 1 aliphatic carbocycles. The first-order chi connectivity index (χ1) is 6.57. The summed E-state index contributed by atoms with van der Waals surface area (Å²) in [5.41, 5.74) is 0.237. The molecule has 74 valence electrons. The van der Waals surface area contributed by atoms with Crippen LogP contribution in [0.5, 0.6) is 0 Å². The van der Waals surface area contributed by atoms with E-state index in [1.165, 1.54) is 0 Å². The molecule has 0 radical (unpaired) electrons. The molecule has 1 aliphatic rings. The summed E-state index contributed by atoms with van der Waals surface area (Å²) in [6, 6.07) is 0. The smallest absolute Gasteiger partial charge is 0.181 e. The quantitative estimate of drug-likeness (QED) is 0.621. The zero-order chi connectivity index (χ0) is 10.6. The first-order valence-electron chi connectivity index (χ1n) is 4.54. The second-order valence-electron chi connectivity index (χ2n) is 3.42. The van der Waals surface area contributed by atoms with E-state index in [1.54, 1.807) is 26.0 Å². The highest BCUT2D eigenvalue weighted by atomic mass is 16.5. The standard InChI is InChI=1S/C12H14O2/c1-4-5-8-14-12(3)7-6-11(13)10(2)9-12/h6-7,9H,8H2,1-3H3. The highest BCUT2D eigenvalue weighted by molar-refractivity contribution is 6.04. The molecule has 1 unspecified atom stereocenters. The van der Waals surface area contributed by atoms with Gasteiger partial charge in [0, 0.05) is 0 Å². The molecule has 0 aromatic rings. The van der Waals surface area contributed by atoms with E-state index < -0.39 is 5.60 Å². The average molecular weight is 190 g/mol. The predicted molar refractivity (Wildman–Crippen MR) is 55.7 cm³/mol. The lowest BCUT2D eigenvalue weighted by Crippen LogP contribution is -2.27. The maximum atomic E-state index is 11.2. The molecule has 0 aliphatic heterocycles. The summed E-state index contributed by atoms with van der Waals surface area (Å²) in [6.45, 7) is 5.86. The number of carbonyl (C=O) groups excluding carboxylic acids is 1. The Morgan fingerprint density at radius 3 is 2.86 bits per heavy atom. The van der Waals surface area contributed by atoms with Gasteiger partial charge in [0.25, 0.3) is 0 Å². The molecule has 0 saturated carbocycles. The second-order valence-corrected chi connectivity index (χ2v) is 3.42. The first-order valence-corrected chi connectivity index (χ1v) is 4.54. The third kappa shape index (κ3) is 2.58. The van der Waals surface area contributed by atoms with Gasteiger partial charge in [-0.15, -0.1) is 5.92 Å². The topological polar surface area (TPSA) is 26.3 Å². The van der Waals surface area contributed by atoms with Gasteiger partial charge >= 0.3 is 0 Å². The molecular weight excluding hydrogens is 176 g/mol. The van der Waals surface area contributed by atoms with Crippen LogP contribution in [0.2, 0.25) is 0 Å². The average Bonchev–Trinajstić information content (AvgIpc) is 2.13. The van der Waals surface area contributed by atoms with Crippen LogP contribution in [0.4, 0.5) is 0 Å². The minimum absolute atomic E-state index is 0.0488. The molecule has 1 atom stereocenters. The summed E-state index contributed by atoms with van der Waals surface area (Å²) >= 11 is 0. The number of allylic oxidation sites excluding steroid dienone is 2. The molecule has 14 heavy (non-hydrogen) atoms. The molecule has 0 bridgehead atoms. The second kappa shape index (κ2) is 4.26. The van der Waals surface area contributed by atoms with Crippen molar-refractivity contribution in [3.8, 4) is 11.8 Å². The lowest BCUT2D eigenvalue weighted by atomic mass is 9.94. The van der Waals surface area contributed by atoms with Crippen molar-refractivity contribution in [1.82, 2.24) is 0 Å². The number of ether oxygens (including phenoxy) is 1. The van der Waals surface area contributed by atoms with E-state index in [-0.39, 0.29) is 5.78 Å². The zero-order valence-electron chi connectivity index (χ0n) is 8.76. The van der Waals surface area contributed by atoms with E-state index in [2.05, 4.69) is 11.8 Å².